The summed E-state index contributed by atoms with van der Waals surface area (Å²) >= 11 is 0. The third-order valence-corrected chi connectivity index (χ3v) is 6.33. The van der Waals surface area contributed by atoms with E-state index in [9.17, 15) is 19.2 Å². The summed E-state index contributed by atoms with van der Waals surface area (Å²) in [5.41, 5.74) is 3.46. The molecule has 1 saturated carbocycles. The molecule has 238 valence electrons. The van der Waals surface area contributed by atoms with E-state index in [1.807, 2.05) is 68.7 Å². The number of fused-ring (bicyclic) bond motifs is 1. The largest absolute Gasteiger partial charge is 0.457 e. The number of carbonyl (C=O) groups excluding carboxylic acids is 4. The SMILES string of the molecule is C1CC1.CNC.O=CCNC(=O)c1ccc(-c2cccc(CNC(=O)c3cn4cc(C(=O)OCc5ccccc5)ccc4n3)c2)o1. The first-order valence-corrected chi connectivity index (χ1v) is 14.9. The second-order valence-electron chi connectivity index (χ2n) is 10.4. The van der Waals surface area contributed by atoms with Gasteiger partial charge in [0.05, 0.1) is 12.1 Å². The Labute approximate surface area is 267 Å². The highest BCUT2D eigenvalue weighted by molar-refractivity contribution is 5.94. The number of benzene rings is 2. The van der Waals surface area contributed by atoms with Gasteiger partial charge < -0.3 is 34.3 Å². The molecule has 2 aromatic carbocycles. The van der Waals surface area contributed by atoms with Crippen molar-refractivity contribution in [2.45, 2.75) is 32.4 Å². The van der Waals surface area contributed by atoms with Gasteiger partial charge in [0.2, 0.25) is 0 Å². The molecule has 3 aromatic heterocycles. The zero-order chi connectivity index (χ0) is 32.7. The highest BCUT2D eigenvalue weighted by Crippen LogP contribution is 2.23. The van der Waals surface area contributed by atoms with Crippen LogP contribution >= 0.6 is 0 Å². The molecule has 1 aliphatic rings. The fourth-order valence-corrected chi connectivity index (χ4v) is 3.97. The Balaban J connectivity index is 0.000000730. The summed E-state index contributed by atoms with van der Waals surface area (Å²) in [6, 6.07) is 23.2. The third kappa shape index (κ3) is 10.00. The average Bonchev–Trinajstić information content (AvgIpc) is 3.77. The summed E-state index contributed by atoms with van der Waals surface area (Å²) in [6.07, 6.45) is 8.22. The van der Waals surface area contributed by atoms with E-state index in [0.29, 0.717) is 23.3 Å². The van der Waals surface area contributed by atoms with Gasteiger partial charge in [-0.1, -0.05) is 67.8 Å². The molecule has 0 aliphatic heterocycles. The van der Waals surface area contributed by atoms with Crippen LogP contribution in [0.15, 0.2) is 95.7 Å². The number of aldehydes is 1. The highest BCUT2D eigenvalue weighted by atomic mass is 16.5. The highest BCUT2D eigenvalue weighted by Gasteiger charge is 2.15. The summed E-state index contributed by atoms with van der Waals surface area (Å²) in [6.45, 7) is 0.290. The van der Waals surface area contributed by atoms with Gasteiger partial charge >= 0.3 is 5.97 Å². The standard InChI is InChI=1S/C30H24N4O6.C3H6.C2H7N/c35-14-13-31-29(37)26-11-10-25(40-26)22-8-4-7-21(15-22)16-32-28(36)24-18-34-17-23(9-12-27(34)33-24)30(38)39-19-20-5-2-1-3-6-20;1-2-3-1;1-3-2/h1-12,14-15,17-18H,13,16,19H2,(H,31,37)(H,32,36);1-3H2;3H,1-2H3. The molecule has 2 amide bonds. The fraction of sp³-hybridized carbons (Fsp3) is 0.229. The number of amides is 2. The minimum atomic E-state index is -0.481. The number of nitrogens with zero attached hydrogens (tertiary/aromatic N) is 2. The first-order valence-electron chi connectivity index (χ1n) is 14.9. The van der Waals surface area contributed by atoms with E-state index in [2.05, 4.69) is 20.9 Å². The van der Waals surface area contributed by atoms with E-state index in [-0.39, 0.29) is 37.1 Å². The van der Waals surface area contributed by atoms with Crippen molar-refractivity contribution < 1.29 is 28.3 Å². The number of pyridine rings is 1. The van der Waals surface area contributed by atoms with Crippen molar-refractivity contribution >= 4 is 29.7 Å². The summed E-state index contributed by atoms with van der Waals surface area (Å²) in [5.74, 6) is -0.770. The number of imidazole rings is 1. The number of ether oxygens (including phenoxy) is 1. The number of nitrogens with one attached hydrogen (secondary N) is 3. The number of esters is 1. The van der Waals surface area contributed by atoms with Gasteiger partial charge in [-0.15, -0.1) is 0 Å². The molecule has 1 aliphatic carbocycles. The van der Waals surface area contributed by atoms with E-state index in [1.54, 1.807) is 35.0 Å². The summed E-state index contributed by atoms with van der Waals surface area (Å²) in [5, 5.41) is 8.02. The number of hydrogen-bond donors (Lipinski definition) is 3. The van der Waals surface area contributed by atoms with Crippen molar-refractivity contribution in [3.63, 3.8) is 0 Å². The van der Waals surface area contributed by atoms with Gasteiger partial charge in [0.15, 0.2) is 5.76 Å². The number of carbonyl (C=O) groups is 4. The van der Waals surface area contributed by atoms with Gasteiger partial charge in [0.1, 0.15) is 30.0 Å². The zero-order valence-corrected chi connectivity index (χ0v) is 25.8. The molecule has 0 saturated heterocycles. The van der Waals surface area contributed by atoms with Gasteiger partial charge in [-0.05, 0) is 55.6 Å². The third-order valence-electron chi connectivity index (χ3n) is 6.33. The topological polar surface area (TPSA) is 144 Å². The van der Waals surface area contributed by atoms with Crippen LogP contribution in [-0.4, -0.2) is 54.1 Å². The fourth-order valence-electron chi connectivity index (χ4n) is 3.97. The lowest BCUT2D eigenvalue weighted by molar-refractivity contribution is -0.107. The van der Waals surface area contributed by atoms with Crippen LogP contribution in [-0.2, 0) is 22.7 Å². The minimum absolute atomic E-state index is 0.0926. The molecular weight excluding hydrogens is 586 g/mol. The van der Waals surface area contributed by atoms with Crippen LogP contribution in [0.25, 0.3) is 17.0 Å². The van der Waals surface area contributed by atoms with E-state index in [0.717, 1.165) is 16.7 Å². The maximum Gasteiger partial charge on any atom is 0.339 e. The van der Waals surface area contributed by atoms with Crippen LogP contribution in [0.3, 0.4) is 0 Å². The summed E-state index contributed by atoms with van der Waals surface area (Å²) < 4.78 is 12.6. The van der Waals surface area contributed by atoms with Crippen molar-refractivity contribution in [1.29, 1.82) is 0 Å². The molecule has 6 rings (SSSR count). The quantitative estimate of drug-likeness (QED) is 0.148. The van der Waals surface area contributed by atoms with E-state index < -0.39 is 11.9 Å². The molecule has 46 heavy (non-hydrogen) atoms. The molecule has 11 heteroatoms. The Morgan fingerprint density at radius 3 is 2.33 bits per heavy atom. The molecule has 3 heterocycles. The predicted molar refractivity (Wildman–Crippen MR) is 173 cm³/mol. The van der Waals surface area contributed by atoms with E-state index in [1.165, 1.54) is 25.3 Å². The molecule has 0 radical (unpaired) electrons. The Hall–Kier alpha value is -5.55. The van der Waals surface area contributed by atoms with Crippen molar-refractivity contribution in [1.82, 2.24) is 25.3 Å². The molecule has 0 atom stereocenters. The second kappa shape index (κ2) is 17.1. The Morgan fingerprint density at radius 2 is 1.61 bits per heavy atom. The molecule has 11 nitrogen and oxygen atoms in total. The number of furan rings is 1. The van der Waals surface area contributed by atoms with Crippen molar-refractivity contribution in [3.8, 4) is 11.3 Å². The molecule has 0 spiro atoms. The summed E-state index contributed by atoms with van der Waals surface area (Å²) in [7, 11) is 3.75. The zero-order valence-electron chi connectivity index (χ0n) is 25.8. The number of hydrogen-bond acceptors (Lipinski definition) is 8. The second-order valence-corrected chi connectivity index (χ2v) is 10.4. The Bertz CT molecular complexity index is 1760. The molecule has 5 aromatic rings. The smallest absolute Gasteiger partial charge is 0.339 e. The number of rotatable bonds is 10. The van der Waals surface area contributed by atoms with Gasteiger partial charge in [-0.25, -0.2) is 9.78 Å². The Kier molecular flexibility index (Phi) is 12.4. The monoisotopic (exact) mass is 623 g/mol. The molecule has 3 N–H and O–H groups in total. The Morgan fingerprint density at radius 1 is 0.870 bits per heavy atom. The normalized spacial score (nSPS) is 11.3. The van der Waals surface area contributed by atoms with E-state index in [4.69, 9.17) is 9.15 Å². The maximum atomic E-state index is 12.8. The lowest BCUT2D eigenvalue weighted by Crippen LogP contribution is -2.24. The molecular formula is C35H37N5O6. The first-order chi connectivity index (χ1) is 22.4. The van der Waals surface area contributed by atoms with Gasteiger partial charge in [-0.2, -0.15) is 0 Å². The van der Waals surface area contributed by atoms with Gasteiger partial charge in [-0.3, -0.25) is 9.59 Å². The van der Waals surface area contributed by atoms with Crippen molar-refractivity contribution in [2.24, 2.45) is 0 Å². The van der Waals surface area contributed by atoms with Gasteiger partial charge in [0.25, 0.3) is 11.8 Å². The van der Waals surface area contributed by atoms with Gasteiger partial charge in [0, 0.05) is 24.5 Å². The molecule has 0 bridgehead atoms. The lowest BCUT2D eigenvalue weighted by atomic mass is 10.1. The predicted octanol–water partition coefficient (Wildman–Crippen LogP) is 4.82. The van der Waals surface area contributed by atoms with Crippen LogP contribution in [0.1, 0.15) is 61.8 Å². The van der Waals surface area contributed by atoms with E-state index >= 15 is 0 Å². The molecule has 0 unspecified atom stereocenters. The van der Waals surface area contributed by atoms with Crippen LogP contribution in [0.2, 0.25) is 0 Å². The summed E-state index contributed by atoms with van der Waals surface area (Å²) in [4.78, 5) is 52.1. The van der Waals surface area contributed by atoms with Crippen LogP contribution in [0, 0.1) is 0 Å². The lowest BCUT2D eigenvalue weighted by Gasteiger charge is -2.05. The first kappa shape index (κ1) is 33.3. The van der Waals surface area contributed by atoms with Crippen molar-refractivity contribution in [2.75, 3.05) is 20.6 Å². The molecule has 1 fully saturated rings. The average molecular weight is 624 g/mol. The van der Waals surface area contributed by atoms with Crippen LogP contribution in [0.5, 0.6) is 0 Å². The maximum absolute atomic E-state index is 12.8. The van der Waals surface area contributed by atoms with Crippen molar-refractivity contribution in [3.05, 3.63) is 119 Å². The van der Waals surface area contributed by atoms with Crippen LogP contribution in [0.4, 0.5) is 0 Å². The van der Waals surface area contributed by atoms with Crippen LogP contribution < -0.4 is 16.0 Å². The minimum Gasteiger partial charge on any atom is -0.457 e. The number of aromatic nitrogens is 2.